The number of nitrogens with zero attached hydrogens (tertiary/aromatic N) is 1. The van der Waals surface area contributed by atoms with Gasteiger partial charge in [-0.15, -0.1) is 11.3 Å². The van der Waals surface area contributed by atoms with Gasteiger partial charge in [-0.3, -0.25) is 0 Å². The Balaban J connectivity index is 1.27. The summed E-state index contributed by atoms with van der Waals surface area (Å²) in [7, 11) is 0. The second-order valence-electron chi connectivity index (χ2n) is 15.0. The monoisotopic (exact) mass is 690 g/mol. The number of hydrogen-bond donors (Lipinski definition) is 1. The van der Waals surface area contributed by atoms with Crippen LogP contribution in [-0.4, -0.2) is 0 Å². The highest BCUT2D eigenvalue weighted by atomic mass is 35.5. The third-order valence-electron chi connectivity index (χ3n) is 9.34. The maximum absolute atomic E-state index is 7.41. The van der Waals surface area contributed by atoms with Gasteiger partial charge < -0.3 is 10.2 Å². The third kappa shape index (κ3) is 6.94. The fraction of sp³-hybridized carbons (Fsp3) is 0.174. The van der Waals surface area contributed by atoms with E-state index >= 15 is 0 Å². The summed E-state index contributed by atoms with van der Waals surface area (Å²) >= 11 is 9.18. The van der Waals surface area contributed by atoms with Crippen molar-refractivity contribution in [2.75, 3.05) is 10.2 Å². The Morgan fingerprint density at radius 1 is 0.540 bits per heavy atom. The van der Waals surface area contributed by atoms with Crippen molar-refractivity contribution in [3.8, 4) is 22.3 Å². The van der Waals surface area contributed by atoms with Gasteiger partial charge in [-0.2, -0.15) is 0 Å². The van der Waals surface area contributed by atoms with E-state index in [-0.39, 0.29) is 10.8 Å². The zero-order valence-corrected chi connectivity index (χ0v) is 31.2. The lowest BCUT2D eigenvalue weighted by molar-refractivity contribution is 0.590. The van der Waals surface area contributed by atoms with Gasteiger partial charge in [0.05, 0.1) is 22.1 Å². The van der Waals surface area contributed by atoms with Gasteiger partial charge in [0.25, 0.3) is 0 Å². The molecule has 0 spiro atoms. The highest BCUT2D eigenvalue weighted by Crippen LogP contribution is 2.47. The van der Waals surface area contributed by atoms with Crippen molar-refractivity contribution >= 4 is 61.5 Å². The summed E-state index contributed by atoms with van der Waals surface area (Å²) in [5.74, 6) is 0. The second-order valence-corrected chi connectivity index (χ2v) is 16.3. The van der Waals surface area contributed by atoms with Crippen LogP contribution < -0.4 is 10.2 Å². The van der Waals surface area contributed by atoms with E-state index in [9.17, 15) is 0 Å². The Bertz CT molecular complexity index is 2250. The molecule has 1 heterocycles. The van der Waals surface area contributed by atoms with E-state index in [4.69, 9.17) is 11.6 Å². The molecule has 0 aliphatic heterocycles. The van der Waals surface area contributed by atoms with E-state index < -0.39 is 0 Å². The number of halogens is 1. The summed E-state index contributed by atoms with van der Waals surface area (Å²) in [5, 5.41) is 7.80. The van der Waals surface area contributed by atoms with Crippen molar-refractivity contribution in [2.45, 2.75) is 52.4 Å². The van der Waals surface area contributed by atoms with Crippen LogP contribution in [0.1, 0.15) is 52.7 Å². The molecular weight excluding hydrogens is 648 g/mol. The number of anilines is 5. The number of rotatable bonds is 7. The molecule has 0 unspecified atom stereocenters. The van der Waals surface area contributed by atoms with E-state index in [1.807, 2.05) is 6.07 Å². The van der Waals surface area contributed by atoms with Crippen LogP contribution in [0, 0.1) is 0 Å². The van der Waals surface area contributed by atoms with Crippen LogP contribution in [0.5, 0.6) is 0 Å². The van der Waals surface area contributed by atoms with Crippen LogP contribution >= 0.6 is 22.9 Å². The van der Waals surface area contributed by atoms with Crippen LogP contribution in [0.4, 0.5) is 28.4 Å². The van der Waals surface area contributed by atoms with E-state index in [0.717, 1.165) is 39.6 Å². The molecular formula is C46H43ClN2S. The Hall–Kier alpha value is -4.83. The normalized spacial score (nSPS) is 11.9. The van der Waals surface area contributed by atoms with E-state index in [2.05, 4.69) is 191 Å². The molecule has 1 N–H and O–H groups in total. The molecule has 0 fully saturated rings. The molecule has 1 aromatic heterocycles. The van der Waals surface area contributed by atoms with Gasteiger partial charge in [-0.1, -0.05) is 144 Å². The quantitative estimate of drug-likeness (QED) is 0.179. The molecule has 4 heteroatoms. The lowest BCUT2D eigenvalue weighted by Crippen LogP contribution is -2.14. The largest absolute Gasteiger partial charge is 0.354 e. The SMILES string of the molecule is CC(C)(C)c1ccc(N(c2cccc(Nc3cccc(-c4ccc(-c5ccccc5)cc4)c3)c2Cl)c2csc3ccc(C(C)(C)C)cc23)cc1. The van der Waals surface area contributed by atoms with Crippen LogP contribution in [-0.2, 0) is 10.8 Å². The first-order valence-electron chi connectivity index (χ1n) is 17.2. The maximum atomic E-state index is 7.41. The Kier molecular flexibility index (Phi) is 9.07. The number of thiophene rings is 1. The molecule has 0 bridgehead atoms. The number of benzene rings is 6. The minimum absolute atomic E-state index is 0.0343. The van der Waals surface area contributed by atoms with Crippen molar-refractivity contribution in [1.82, 2.24) is 0 Å². The fourth-order valence-electron chi connectivity index (χ4n) is 6.38. The van der Waals surface area contributed by atoms with Gasteiger partial charge in [0.2, 0.25) is 0 Å². The zero-order valence-electron chi connectivity index (χ0n) is 29.6. The van der Waals surface area contributed by atoms with Crippen molar-refractivity contribution in [2.24, 2.45) is 0 Å². The summed E-state index contributed by atoms with van der Waals surface area (Å²) in [6, 6.07) is 49.8. The van der Waals surface area contributed by atoms with Crippen LogP contribution in [0.15, 0.2) is 145 Å². The first-order valence-corrected chi connectivity index (χ1v) is 18.5. The van der Waals surface area contributed by atoms with E-state index in [1.54, 1.807) is 11.3 Å². The molecule has 0 saturated carbocycles. The molecule has 0 atom stereocenters. The van der Waals surface area contributed by atoms with Gasteiger partial charge in [0, 0.05) is 26.8 Å². The van der Waals surface area contributed by atoms with Crippen LogP contribution in [0.25, 0.3) is 32.3 Å². The molecule has 0 radical (unpaired) electrons. The van der Waals surface area contributed by atoms with Crippen LogP contribution in [0.2, 0.25) is 5.02 Å². The Morgan fingerprint density at radius 3 is 1.82 bits per heavy atom. The first kappa shape index (κ1) is 33.7. The highest BCUT2D eigenvalue weighted by molar-refractivity contribution is 7.17. The summed E-state index contributed by atoms with van der Waals surface area (Å²) in [6.45, 7) is 13.6. The highest BCUT2D eigenvalue weighted by Gasteiger charge is 2.23. The summed E-state index contributed by atoms with van der Waals surface area (Å²) in [4.78, 5) is 2.32. The molecule has 0 aliphatic rings. The Labute approximate surface area is 306 Å². The van der Waals surface area contributed by atoms with Gasteiger partial charge in [-0.25, -0.2) is 0 Å². The lowest BCUT2D eigenvalue weighted by atomic mass is 9.86. The predicted molar refractivity (Wildman–Crippen MR) is 220 cm³/mol. The van der Waals surface area contributed by atoms with Gasteiger partial charge in [0.1, 0.15) is 0 Å². The molecule has 0 amide bonds. The third-order valence-corrected chi connectivity index (χ3v) is 10.7. The lowest BCUT2D eigenvalue weighted by Gasteiger charge is -2.28. The van der Waals surface area contributed by atoms with Crippen LogP contribution in [0.3, 0.4) is 0 Å². The molecule has 6 aromatic carbocycles. The standard InChI is InChI=1S/C46H43ClN2S/c1-45(2,3)35-22-25-38(26-23-35)49(42-30-50-43-27-24-36(29-39(42)43)46(4,5)6)41-17-11-16-40(44(41)47)48-37-15-10-14-34(28-37)33-20-18-32(19-21-33)31-12-8-7-9-13-31/h7-30,48H,1-6H3. The van der Waals surface area contributed by atoms with E-state index in [1.165, 1.54) is 32.3 Å². The van der Waals surface area contributed by atoms with Gasteiger partial charge >= 0.3 is 0 Å². The molecule has 0 aliphatic carbocycles. The summed E-state index contributed by atoms with van der Waals surface area (Å²) in [6.07, 6.45) is 0. The molecule has 0 saturated heterocycles. The fourth-order valence-corrected chi connectivity index (χ4v) is 7.55. The summed E-state index contributed by atoms with van der Waals surface area (Å²) in [5.41, 5.74) is 12.4. The minimum Gasteiger partial charge on any atom is -0.354 e. The molecule has 250 valence electrons. The van der Waals surface area contributed by atoms with Gasteiger partial charge in [0.15, 0.2) is 0 Å². The topological polar surface area (TPSA) is 15.3 Å². The number of hydrogen-bond acceptors (Lipinski definition) is 3. The van der Waals surface area contributed by atoms with Crippen molar-refractivity contribution < 1.29 is 0 Å². The average Bonchev–Trinajstić information content (AvgIpc) is 3.53. The molecule has 2 nitrogen and oxygen atoms in total. The number of nitrogens with one attached hydrogen (secondary N) is 1. The van der Waals surface area contributed by atoms with Crippen molar-refractivity contribution in [3.63, 3.8) is 0 Å². The minimum atomic E-state index is 0.0343. The van der Waals surface area contributed by atoms with Crippen molar-refractivity contribution in [1.29, 1.82) is 0 Å². The maximum Gasteiger partial charge on any atom is 0.0881 e. The molecule has 7 aromatic rings. The zero-order chi connectivity index (χ0) is 35.0. The Morgan fingerprint density at radius 2 is 1.14 bits per heavy atom. The number of fused-ring (bicyclic) bond motifs is 1. The summed E-state index contributed by atoms with van der Waals surface area (Å²) < 4.78 is 1.25. The molecule has 50 heavy (non-hydrogen) atoms. The van der Waals surface area contributed by atoms with Gasteiger partial charge in [-0.05, 0) is 92.7 Å². The van der Waals surface area contributed by atoms with Crippen molar-refractivity contribution in [3.05, 3.63) is 161 Å². The van der Waals surface area contributed by atoms with E-state index in [0.29, 0.717) is 5.02 Å². The second kappa shape index (κ2) is 13.5. The average molecular weight is 691 g/mol. The first-order chi connectivity index (χ1) is 24.0. The smallest absolute Gasteiger partial charge is 0.0881 e. The predicted octanol–water partition coefficient (Wildman–Crippen LogP) is 14.7. The molecule has 7 rings (SSSR count).